The third-order valence-electron chi connectivity index (χ3n) is 3.46. The highest BCUT2D eigenvalue weighted by atomic mass is 16.3. The van der Waals surface area contributed by atoms with Gasteiger partial charge in [0.05, 0.1) is 11.8 Å². The molecule has 1 amide bonds. The minimum Gasteiger partial charge on any atom is -0.393 e. The summed E-state index contributed by atoms with van der Waals surface area (Å²) in [5.74, 6) is -0.0630. The van der Waals surface area contributed by atoms with Crippen LogP contribution in [0.4, 0.5) is 0 Å². The highest BCUT2D eigenvalue weighted by molar-refractivity contribution is 5.95. The van der Waals surface area contributed by atoms with E-state index in [0.29, 0.717) is 36.6 Å². The van der Waals surface area contributed by atoms with Gasteiger partial charge in [-0.25, -0.2) is 5.10 Å². The monoisotopic (exact) mass is 251 g/mol. The molecule has 6 nitrogen and oxygen atoms in total. The van der Waals surface area contributed by atoms with Crippen LogP contribution in [0.25, 0.3) is 0 Å². The van der Waals surface area contributed by atoms with Crippen LogP contribution in [0.1, 0.15) is 34.5 Å². The molecule has 0 saturated heterocycles. The van der Waals surface area contributed by atoms with Crippen molar-refractivity contribution in [2.75, 3.05) is 6.54 Å². The molecule has 0 radical (unpaired) electrons. The molecule has 0 spiro atoms. The molecule has 6 heteroatoms. The van der Waals surface area contributed by atoms with E-state index in [0.717, 1.165) is 0 Å². The molecule has 1 saturated carbocycles. The molecule has 0 aliphatic heterocycles. The zero-order valence-corrected chi connectivity index (χ0v) is 10.5. The molecule has 2 rings (SSSR count). The lowest BCUT2D eigenvalue weighted by atomic mass is 9.82. The van der Waals surface area contributed by atoms with Crippen molar-refractivity contribution in [3.8, 4) is 0 Å². The molecule has 1 heterocycles. The number of carbonyl (C=O) groups is 1. The van der Waals surface area contributed by atoms with E-state index in [1.807, 2.05) is 0 Å². The number of H-pyrrole nitrogens is 1. The lowest BCUT2D eigenvalue weighted by Crippen LogP contribution is -2.40. The minimum absolute atomic E-state index is 0.127. The maximum atomic E-state index is 11.9. The summed E-state index contributed by atoms with van der Waals surface area (Å²) < 4.78 is 0. The van der Waals surface area contributed by atoms with Crippen LogP contribution in [-0.4, -0.2) is 33.9 Å². The van der Waals surface area contributed by atoms with E-state index in [1.165, 1.54) is 0 Å². The number of aliphatic hydroxyl groups is 1. The highest BCUT2D eigenvalue weighted by Crippen LogP contribution is 2.26. The van der Waals surface area contributed by atoms with Gasteiger partial charge >= 0.3 is 0 Å². The second-order valence-corrected chi connectivity index (χ2v) is 4.84. The van der Waals surface area contributed by atoms with Crippen LogP contribution in [0, 0.1) is 19.8 Å². The average Bonchev–Trinajstić information content (AvgIpc) is 2.28. The molecule has 98 valence electrons. The second-order valence-electron chi connectivity index (χ2n) is 4.84. The quantitative estimate of drug-likeness (QED) is 0.698. The summed E-state index contributed by atoms with van der Waals surface area (Å²) in [5.41, 5.74) is 0.898. The lowest BCUT2D eigenvalue weighted by Gasteiger charge is -2.31. The Morgan fingerprint density at radius 2 is 2.17 bits per heavy atom. The fourth-order valence-corrected chi connectivity index (χ4v) is 2.09. The summed E-state index contributed by atoms with van der Waals surface area (Å²) in [6.45, 7) is 3.94. The maximum absolute atomic E-state index is 11.9. The number of hydrogen-bond acceptors (Lipinski definition) is 4. The Hall–Kier alpha value is -1.69. The first kappa shape index (κ1) is 12.8. The number of rotatable bonds is 3. The molecule has 0 atom stereocenters. The number of nitrogens with one attached hydrogen (secondary N) is 2. The van der Waals surface area contributed by atoms with Gasteiger partial charge in [0.15, 0.2) is 0 Å². The Labute approximate surface area is 104 Å². The number of aliphatic hydroxyl groups excluding tert-OH is 1. The van der Waals surface area contributed by atoms with Gasteiger partial charge in [-0.1, -0.05) is 0 Å². The molecule has 1 aromatic heterocycles. The van der Waals surface area contributed by atoms with Crippen molar-refractivity contribution < 1.29 is 9.90 Å². The Kier molecular flexibility index (Phi) is 3.47. The van der Waals surface area contributed by atoms with Crippen LogP contribution in [0.3, 0.4) is 0 Å². The van der Waals surface area contributed by atoms with Crippen LogP contribution >= 0.6 is 0 Å². The first-order chi connectivity index (χ1) is 8.49. The van der Waals surface area contributed by atoms with Crippen LogP contribution in [0.15, 0.2) is 4.79 Å². The standard InChI is InChI=1S/C12H17N3O3/c1-6-7(2)14-15-12(18)10(6)11(17)13-5-8-3-9(16)4-8/h8-9,16H,3-5H2,1-2H3,(H,13,17)(H,15,18). The highest BCUT2D eigenvalue weighted by Gasteiger charge is 2.27. The van der Waals surface area contributed by atoms with E-state index in [-0.39, 0.29) is 17.6 Å². The van der Waals surface area contributed by atoms with Crippen LogP contribution < -0.4 is 10.9 Å². The second kappa shape index (κ2) is 4.89. The molecule has 18 heavy (non-hydrogen) atoms. The average molecular weight is 251 g/mol. The third-order valence-corrected chi connectivity index (χ3v) is 3.46. The van der Waals surface area contributed by atoms with E-state index < -0.39 is 5.56 Å². The third kappa shape index (κ3) is 2.43. The molecule has 1 fully saturated rings. The zero-order valence-electron chi connectivity index (χ0n) is 10.5. The van der Waals surface area contributed by atoms with Gasteiger partial charge in [-0.3, -0.25) is 9.59 Å². The van der Waals surface area contributed by atoms with Crippen molar-refractivity contribution in [3.63, 3.8) is 0 Å². The number of amides is 1. The van der Waals surface area contributed by atoms with Gasteiger partial charge in [0.25, 0.3) is 11.5 Å². The van der Waals surface area contributed by atoms with E-state index in [4.69, 9.17) is 5.11 Å². The van der Waals surface area contributed by atoms with Crippen molar-refractivity contribution in [3.05, 3.63) is 27.2 Å². The van der Waals surface area contributed by atoms with Gasteiger partial charge in [-0.2, -0.15) is 5.10 Å². The summed E-state index contributed by atoms with van der Waals surface area (Å²) in [6, 6.07) is 0. The molecule has 1 aliphatic rings. The SMILES string of the molecule is Cc1n[nH]c(=O)c(C(=O)NCC2CC(O)C2)c1C. The number of aryl methyl sites for hydroxylation is 1. The molecule has 1 aromatic rings. The molecular formula is C12H17N3O3. The van der Waals surface area contributed by atoms with Crippen LogP contribution in [0.2, 0.25) is 0 Å². The van der Waals surface area contributed by atoms with Gasteiger partial charge in [0.1, 0.15) is 5.56 Å². The smallest absolute Gasteiger partial charge is 0.277 e. The zero-order chi connectivity index (χ0) is 13.3. The topological polar surface area (TPSA) is 95.1 Å². The van der Waals surface area contributed by atoms with Crippen molar-refractivity contribution in [2.24, 2.45) is 5.92 Å². The van der Waals surface area contributed by atoms with E-state index in [1.54, 1.807) is 13.8 Å². The summed E-state index contributed by atoms with van der Waals surface area (Å²) >= 11 is 0. The number of hydrogen-bond donors (Lipinski definition) is 3. The van der Waals surface area contributed by atoms with Crippen molar-refractivity contribution in [2.45, 2.75) is 32.8 Å². The molecule has 0 bridgehead atoms. The fourth-order valence-electron chi connectivity index (χ4n) is 2.09. The van der Waals surface area contributed by atoms with Crippen molar-refractivity contribution >= 4 is 5.91 Å². The normalized spacial score (nSPS) is 22.4. The van der Waals surface area contributed by atoms with Gasteiger partial charge < -0.3 is 10.4 Å². The summed E-state index contributed by atoms with van der Waals surface area (Å²) in [7, 11) is 0. The number of aromatic amines is 1. The molecule has 0 unspecified atom stereocenters. The Morgan fingerprint density at radius 3 is 2.78 bits per heavy atom. The van der Waals surface area contributed by atoms with Gasteiger partial charge in [-0.15, -0.1) is 0 Å². The van der Waals surface area contributed by atoms with Gasteiger partial charge in [0.2, 0.25) is 0 Å². The van der Waals surface area contributed by atoms with Crippen LogP contribution in [-0.2, 0) is 0 Å². The predicted octanol–water partition coefficient (Wildman–Crippen LogP) is -0.113. The Bertz CT molecular complexity index is 518. The van der Waals surface area contributed by atoms with Crippen LogP contribution in [0.5, 0.6) is 0 Å². The molecular weight excluding hydrogens is 234 g/mol. The summed E-state index contributed by atoms with van der Waals surface area (Å²) in [6.07, 6.45) is 1.19. The fraction of sp³-hybridized carbons (Fsp3) is 0.583. The van der Waals surface area contributed by atoms with Crippen molar-refractivity contribution in [1.29, 1.82) is 0 Å². The summed E-state index contributed by atoms with van der Waals surface area (Å²) in [4.78, 5) is 23.5. The molecule has 0 aromatic carbocycles. The Morgan fingerprint density at radius 1 is 1.50 bits per heavy atom. The number of aromatic nitrogens is 2. The predicted molar refractivity (Wildman–Crippen MR) is 65.4 cm³/mol. The van der Waals surface area contributed by atoms with E-state index in [9.17, 15) is 9.59 Å². The van der Waals surface area contributed by atoms with E-state index in [2.05, 4.69) is 15.5 Å². The summed E-state index contributed by atoms with van der Waals surface area (Å²) in [5, 5.41) is 18.0. The van der Waals surface area contributed by atoms with E-state index >= 15 is 0 Å². The Balaban J connectivity index is 2.05. The number of nitrogens with zero attached hydrogens (tertiary/aromatic N) is 1. The number of carbonyl (C=O) groups excluding carboxylic acids is 1. The first-order valence-electron chi connectivity index (χ1n) is 6.01. The van der Waals surface area contributed by atoms with Crippen molar-refractivity contribution in [1.82, 2.24) is 15.5 Å². The molecule has 1 aliphatic carbocycles. The molecule has 3 N–H and O–H groups in total. The maximum Gasteiger partial charge on any atom is 0.277 e. The van der Waals surface area contributed by atoms with Gasteiger partial charge in [-0.05, 0) is 38.2 Å². The first-order valence-corrected chi connectivity index (χ1v) is 6.01. The minimum atomic E-state index is -0.468. The van der Waals surface area contributed by atoms with Gasteiger partial charge in [0, 0.05) is 6.54 Å². The largest absolute Gasteiger partial charge is 0.393 e. The lowest BCUT2D eigenvalue weighted by molar-refractivity contribution is 0.0420.